The second-order valence-corrected chi connectivity index (χ2v) is 8.04. The summed E-state index contributed by atoms with van der Waals surface area (Å²) in [6.07, 6.45) is 8.94. The summed E-state index contributed by atoms with van der Waals surface area (Å²) >= 11 is 3.53. The molecule has 3 heterocycles. The zero-order valence-corrected chi connectivity index (χ0v) is 21.9. The number of rotatable bonds is 6. The van der Waals surface area contributed by atoms with Crippen LogP contribution in [-0.2, 0) is 7.05 Å². The Labute approximate surface area is 231 Å². The highest BCUT2D eigenvalue weighted by Crippen LogP contribution is 2.33. The van der Waals surface area contributed by atoms with Crippen molar-refractivity contribution in [3.8, 4) is 28.4 Å². The Bertz CT molecular complexity index is 1720. The number of aromatic nitrogens is 5. The molecule has 0 atom stereocenters. The minimum Gasteiger partial charge on any atom is -0.435 e. The molecule has 1 amide bonds. The normalized spacial score (nSPS) is 10.4. The van der Waals surface area contributed by atoms with Crippen LogP contribution in [0.4, 0.5) is 18.9 Å². The number of anilines is 1. The highest BCUT2D eigenvalue weighted by atomic mass is 32.1. The lowest BCUT2D eigenvalue weighted by molar-refractivity contribution is 0.102. The predicted octanol–water partition coefficient (Wildman–Crippen LogP) is 5.04. The lowest BCUT2D eigenvalue weighted by atomic mass is 10.2. The van der Waals surface area contributed by atoms with Crippen LogP contribution in [-0.4, -0.2) is 36.5 Å². The van der Waals surface area contributed by atoms with Gasteiger partial charge in [-0.1, -0.05) is 0 Å². The minimum absolute atomic E-state index is 0.0336. The molecule has 9 nitrogen and oxygen atoms in total. The first-order valence-corrected chi connectivity index (χ1v) is 12.4. The fourth-order valence-electron chi connectivity index (χ4n) is 3.63. The van der Waals surface area contributed by atoms with Crippen molar-refractivity contribution in [1.29, 1.82) is 0 Å². The smallest absolute Gasteiger partial charge is 0.267 e. The number of thiol groups is 1. The van der Waals surface area contributed by atoms with Crippen molar-refractivity contribution in [3.05, 3.63) is 113 Å². The van der Waals surface area contributed by atoms with E-state index in [9.17, 15) is 22.8 Å². The van der Waals surface area contributed by atoms with E-state index in [2.05, 4.69) is 33.0 Å². The average molecular weight is 567 g/mol. The van der Waals surface area contributed by atoms with Crippen LogP contribution in [0.15, 0.2) is 84.4 Å². The molecule has 3 aromatic heterocycles. The molecular formula is C27H21F3N6O3S. The van der Waals surface area contributed by atoms with E-state index in [1.165, 1.54) is 49.2 Å². The Hall–Kier alpha value is -4.91. The Morgan fingerprint density at radius 1 is 1.02 bits per heavy atom. The van der Waals surface area contributed by atoms with E-state index in [0.717, 1.165) is 28.8 Å². The molecule has 0 aliphatic carbocycles. The van der Waals surface area contributed by atoms with E-state index in [0.29, 0.717) is 16.8 Å². The number of carbonyl (C=O) groups excluding carboxylic acids is 1. The first-order valence-electron chi connectivity index (χ1n) is 11.5. The van der Waals surface area contributed by atoms with Gasteiger partial charge in [0.05, 0.1) is 17.4 Å². The van der Waals surface area contributed by atoms with Gasteiger partial charge in [0.1, 0.15) is 17.7 Å². The number of amides is 1. The second-order valence-electron chi connectivity index (χ2n) is 8.04. The van der Waals surface area contributed by atoms with Gasteiger partial charge in [-0.05, 0) is 42.7 Å². The Morgan fingerprint density at radius 3 is 2.48 bits per heavy atom. The SMILES string of the molecule is CS.Cn1cc(-c2cncnc2Oc2cc(F)c(NC(=O)c3cccn(-c4ccc(F)cc4)c3=O)cc2F)cn1. The summed E-state index contributed by atoms with van der Waals surface area (Å²) < 4.78 is 51.2. The van der Waals surface area contributed by atoms with Gasteiger partial charge in [-0.25, -0.2) is 23.1 Å². The van der Waals surface area contributed by atoms with Crippen molar-refractivity contribution in [3.63, 3.8) is 0 Å². The number of halogens is 3. The molecule has 0 bridgehead atoms. The minimum atomic E-state index is -1.01. The third-order valence-corrected chi connectivity index (χ3v) is 5.46. The maximum Gasteiger partial charge on any atom is 0.267 e. The first-order chi connectivity index (χ1) is 19.3. The molecule has 0 saturated carbocycles. The van der Waals surface area contributed by atoms with Gasteiger partial charge in [0.15, 0.2) is 17.4 Å². The van der Waals surface area contributed by atoms with Crippen LogP contribution in [0.3, 0.4) is 0 Å². The molecule has 204 valence electrons. The number of carbonyl (C=O) groups is 1. The Morgan fingerprint density at radius 2 is 1.77 bits per heavy atom. The number of nitrogens with zero attached hydrogens (tertiary/aromatic N) is 5. The van der Waals surface area contributed by atoms with E-state index in [-0.39, 0.29) is 11.4 Å². The summed E-state index contributed by atoms with van der Waals surface area (Å²) in [5, 5.41) is 6.27. The third-order valence-electron chi connectivity index (χ3n) is 5.46. The molecule has 0 saturated heterocycles. The van der Waals surface area contributed by atoms with E-state index < -0.39 is 40.4 Å². The topological polar surface area (TPSA) is 104 Å². The summed E-state index contributed by atoms with van der Waals surface area (Å²) in [7, 11) is 1.71. The van der Waals surface area contributed by atoms with E-state index in [4.69, 9.17) is 4.74 Å². The van der Waals surface area contributed by atoms with E-state index in [1.54, 1.807) is 24.2 Å². The van der Waals surface area contributed by atoms with Crippen molar-refractivity contribution in [2.24, 2.45) is 7.05 Å². The second kappa shape index (κ2) is 12.3. The van der Waals surface area contributed by atoms with Crippen molar-refractivity contribution in [2.75, 3.05) is 11.6 Å². The van der Waals surface area contributed by atoms with Crippen LogP contribution in [0.25, 0.3) is 16.8 Å². The van der Waals surface area contributed by atoms with E-state index >= 15 is 0 Å². The molecular weight excluding hydrogens is 545 g/mol. The van der Waals surface area contributed by atoms with Crippen LogP contribution in [0.1, 0.15) is 10.4 Å². The largest absolute Gasteiger partial charge is 0.435 e. The van der Waals surface area contributed by atoms with Gasteiger partial charge in [0.2, 0.25) is 5.88 Å². The highest BCUT2D eigenvalue weighted by molar-refractivity contribution is 7.79. The quantitative estimate of drug-likeness (QED) is 0.279. The van der Waals surface area contributed by atoms with Gasteiger partial charge in [-0.2, -0.15) is 17.7 Å². The molecule has 0 radical (unpaired) electrons. The molecule has 0 unspecified atom stereocenters. The predicted molar refractivity (Wildman–Crippen MR) is 146 cm³/mol. The lowest BCUT2D eigenvalue weighted by Crippen LogP contribution is -2.28. The maximum atomic E-state index is 14.9. The van der Waals surface area contributed by atoms with Gasteiger partial charge >= 0.3 is 0 Å². The lowest BCUT2D eigenvalue weighted by Gasteiger charge is -2.12. The molecule has 5 aromatic rings. The molecule has 40 heavy (non-hydrogen) atoms. The number of benzene rings is 2. The van der Waals surface area contributed by atoms with Gasteiger partial charge in [-0.15, -0.1) is 0 Å². The summed E-state index contributed by atoms with van der Waals surface area (Å²) in [6, 6.07) is 9.20. The molecule has 1 N–H and O–H groups in total. The fraction of sp³-hybridized carbons (Fsp3) is 0.0741. The molecule has 5 rings (SSSR count). The van der Waals surface area contributed by atoms with Crippen LogP contribution < -0.4 is 15.6 Å². The highest BCUT2D eigenvalue weighted by Gasteiger charge is 2.19. The first kappa shape index (κ1) is 28.1. The zero-order valence-electron chi connectivity index (χ0n) is 21.0. The van der Waals surface area contributed by atoms with Crippen molar-refractivity contribution in [2.45, 2.75) is 0 Å². The summed E-state index contributed by atoms with van der Waals surface area (Å²) in [5.41, 5.74) is -0.253. The molecule has 0 fully saturated rings. The summed E-state index contributed by atoms with van der Waals surface area (Å²) in [5.74, 6) is -3.98. The number of pyridine rings is 1. The van der Waals surface area contributed by atoms with Crippen LogP contribution in [0.5, 0.6) is 11.6 Å². The summed E-state index contributed by atoms with van der Waals surface area (Å²) in [4.78, 5) is 33.6. The Kier molecular flexibility index (Phi) is 8.64. The van der Waals surface area contributed by atoms with Gasteiger partial charge < -0.3 is 10.1 Å². The van der Waals surface area contributed by atoms with Crippen LogP contribution in [0.2, 0.25) is 0 Å². The van der Waals surface area contributed by atoms with Gasteiger partial charge in [0, 0.05) is 49.0 Å². The van der Waals surface area contributed by atoms with Crippen molar-refractivity contribution >= 4 is 24.2 Å². The standard InChI is InChI=1S/C26H17F3N6O3.CH4S/c1-34-13-15(11-32-34)19-12-30-14-31-25(19)38-23-10-20(28)22(9-21(23)29)33-24(36)18-3-2-8-35(26(18)37)17-6-4-16(27)5-7-17;1-2/h2-14H,1H3,(H,33,36);2H,1H3. The maximum absolute atomic E-state index is 14.9. The average Bonchev–Trinajstić information content (AvgIpc) is 3.39. The molecule has 2 aromatic carbocycles. The number of hydrogen-bond acceptors (Lipinski definition) is 7. The molecule has 13 heteroatoms. The zero-order chi connectivity index (χ0) is 28.8. The number of hydrogen-bond donors (Lipinski definition) is 2. The molecule has 0 aliphatic rings. The van der Waals surface area contributed by atoms with Crippen LogP contribution >= 0.6 is 12.6 Å². The van der Waals surface area contributed by atoms with Gasteiger partial charge in [0.25, 0.3) is 11.5 Å². The van der Waals surface area contributed by atoms with Crippen LogP contribution in [0, 0.1) is 17.5 Å². The van der Waals surface area contributed by atoms with Gasteiger partial charge in [-0.3, -0.25) is 18.8 Å². The number of ether oxygens (including phenoxy) is 1. The summed E-state index contributed by atoms with van der Waals surface area (Å²) in [6.45, 7) is 0. The monoisotopic (exact) mass is 566 g/mol. The third kappa shape index (κ3) is 6.04. The van der Waals surface area contributed by atoms with E-state index in [1.807, 2.05) is 0 Å². The van der Waals surface area contributed by atoms with Crippen molar-refractivity contribution in [1.82, 2.24) is 24.3 Å². The molecule has 0 aliphatic heterocycles. The molecule has 0 spiro atoms. The number of aryl methyl sites for hydroxylation is 1. The fourth-order valence-corrected chi connectivity index (χ4v) is 3.63. The Balaban J connectivity index is 0.00000181. The van der Waals surface area contributed by atoms with Crippen molar-refractivity contribution < 1.29 is 22.7 Å². The number of nitrogens with one attached hydrogen (secondary N) is 1.